The largest absolute Gasteiger partial charge is 0.398 e. The Kier molecular flexibility index (Phi) is 4.43. The molecule has 0 radical (unpaired) electrons. The first-order valence-corrected chi connectivity index (χ1v) is 6.96. The molecule has 1 aromatic rings. The van der Waals surface area contributed by atoms with Crippen LogP contribution in [0, 0.1) is 5.92 Å². The van der Waals surface area contributed by atoms with Gasteiger partial charge in [0.1, 0.15) is 0 Å². The second-order valence-corrected chi connectivity index (χ2v) is 4.97. The number of hydrogen-bond donors (Lipinski definition) is 2. The summed E-state index contributed by atoms with van der Waals surface area (Å²) >= 11 is 0. The Balaban J connectivity index is 2.04. The number of carbonyl (C=O) groups excluding carboxylic acids is 1. The van der Waals surface area contributed by atoms with Gasteiger partial charge >= 0.3 is 0 Å². The minimum absolute atomic E-state index is 0.0352. The molecule has 2 unspecified atom stereocenters. The molecule has 1 aliphatic rings. The molecular weight excluding hydrogens is 240 g/mol. The maximum absolute atomic E-state index is 12.2. The minimum Gasteiger partial charge on any atom is -0.398 e. The first-order chi connectivity index (χ1) is 9.15. The van der Waals surface area contributed by atoms with Gasteiger partial charge in [-0.3, -0.25) is 4.79 Å². The summed E-state index contributed by atoms with van der Waals surface area (Å²) in [6, 6.07) is 5.70. The van der Waals surface area contributed by atoms with Crippen molar-refractivity contribution in [2.75, 3.05) is 17.7 Å². The third kappa shape index (κ3) is 3.07. The van der Waals surface area contributed by atoms with Crippen molar-refractivity contribution in [1.29, 1.82) is 0 Å². The summed E-state index contributed by atoms with van der Waals surface area (Å²) in [6.07, 6.45) is 2.61. The molecule has 2 atom stereocenters. The molecule has 1 heterocycles. The average molecular weight is 262 g/mol. The van der Waals surface area contributed by atoms with Crippen molar-refractivity contribution in [1.82, 2.24) is 0 Å². The zero-order valence-corrected chi connectivity index (χ0v) is 11.6. The number of aryl methyl sites for hydroxylation is 1. The predicted octanol–water partition coefficient (Wildman–Crippen LogP) is 2.58. The molecule has 3 N–H and O–H groups in total. The van der Waals surface area contributed by atoms with Crippen LogP contribution in [0.1, 0.15) is 32.3 Å². The van der Waals surface area contributed by atoms with Gasteiger partial charge in [-0.1, -0.05) is 19.9 Å². The molecule has 0 aliphatic carbocycles. The Morgan fingerprint density at radius 2 is 2.26 bits per heavy atom. The van der Waals surface area contributed by atoms with Crippen LogP contribution in [0.5, 0.6) is 0 Å². The number of nitrogens with one attached hydrogen (secondary N) is 1. The van der Waals surface area contributed by atoms with Gasteiger partial charge < -0.3 is 15.8 Å². The summed E-state index contributed by atoms with van der Waals surface area (Å²) in [4.78, 5) is 12.2. The minimum atomic E-state index is -0.0444. The highest BCUT2D eigenvalue weighted by Crippen LogP contribution is 2.26. The average Bonchev–Trinajstić information content (AvgIpc) is 2.87. The Bertz CT molecular complexity index is 459. The molecule has 4 nitrogen and oxygen atoms in total. The molecule has 104 valence electrons. The van der Waals surface area contributed by atoms with Crippen molar-refractivity contribution in [2.45, 2.75) is 39.2 Å². The summed E-state index contributed by atoms with van der Waals surface area (Å²) in [7, 11) is 0. The maximum Gasteiger partial charge on any atom is 0.230 e. The van der Waals surface area contributed by atoms with Gasteiger partial charge in [0.25, 0.3) is 0 Å². The van der Waals surface area contributed by atoms with Crippen molar-refractivity contribution in [3.05, 3.63) is 23.8 Å². The van der Waals surface area contributed by atoms with Gasteiger partial charge in [0, 0.05) is 18.0 Å². The Hall–Kier alpha value is -1.55. The van der Waals surface area contributed by atoms with E-state index in [1.807, 2.05) is 25.1 Å². The molecule has 0 saturated carbocycles. The SMILES string of the molecule is CCc1ccc(NC(=O)C2CCOC2CC)cc1N. The third-order valence-electron chi connectivity index (χ3n) is 3.74. The van der Waals surface area contributed by atoms with Crippen molar-refractivity contribution < 1.29 is 9.53 Å². The number of nitrogens with two attached hydrogens (primary N) is 1. The van der Waals surface area contributed by atoms with Crippen LogP contribution in [0.15, 0.2) is 18.2 Å². The van der Waals surface area contributed by atoms with Gasteiger partial charge in [0.05, 0.1) is 12.0 Å². The number of nitrogen functional groups attached to an aromatic ring is 1. The Morgan fingerprint density at radius 3 is 2.89 bits per heavy atom. The third-order valence-corrected chi connectivity index (χ3v) is 3.74. The number of rotatable bonds is 4. The zero-order valence-electron chi connectivity index (χ0n) is 11.6. The molecule has 0 aromatic heterocycles. The standard InChI is InChI=1S/C15H22N2O2/c1-3-10-5-6-11(9-13(10)16)17-15(18)12-7-8-19-14(12)4-2/h5-6,9,12,14H,3-4,7-8,16H2,1-2H3,(H,17,18). The fourth-order valence-corrected chi connectivity index (χ4v) is 2.58. The van der Waals surface area contributed by atoms with E-state index in [1.54, 1.807) is 0 Å². The molecule has 1 saturated heterocycles. The van der Waals surface area contributed by atoms with Gasteiger partial charge in [-0.15, -0.1) is 0 Å². The highest BCUT2D eigenvalue weighted by molar-refractivity contribution is 5.93. The number of benzene rings is 1. The normalized spacial score (nSPS) is 22.4. The molecular formula is C15H22N2O2. The summed E-state index contributed by atoms with van der Waals surface area (Å²) < 4.78 is 5.55. The van der Waals surface area contributed by atoms with Crippen LogP contribution in [-0.4, -0.2) is 18.6 Å². The number of hydrogen-bond acceptors (Lipinski definition) is 3. The van der Waals surface area contributed by atoms with E-state index in [0.717, 1.165) is 36.2 Å². The van der Waals surface area contributed by atoms with Crippen molar-refractivity contribution >= 4 is 17.3 Å². The monoisotopic (exact) mass is 262 g/mol. The number of carbonyl (C=O) groups is 1. The van der Waals surface area contributed by atoms with Gasteiger partial charge in [0.2, 0.25) is 5.91 Å². The lowest BCUT2D eigenvalue weighted by Gasteiger charge is -2.17. The number of anilines is 2. The van der Waals surface area contributed by atoms with E-state index in [1.165, 1.54) is 0 Å². The van der Waals surface area contributed by atoms with E-state index >= 15 is 0 Å². The molecule has 2 rings (SSSR count). The van der Waals surface area contributed by atoms with Crippen LogP contribution in [-0.2, 0) is 16.0 Å². The molecule has 19 heavy (non-hydrogen) atoms. The van der Waals surface area contributed by atoms with Crippen LogP contribution in [0.25, 0.3) is 0 Å². The van der Waals surface area contributed by atoms with E-state index in [-0.39, 0.29) is 17.9 Å². The van der Waals surface area contributed by atoms with E-state index < -0.39 is 0 Å². The first kappa shape index (κ1) is 13.9. The van der Waals surface area contributed by atoms with E-state index in [2.05, 4.69) is 12.2 Å². The Labute approximate surface area is 114 Å². The molecule has 0 spiro atoms. The fourth-order valence-electron chi connectivity index (χ4n) is 2.58. The topological polar surface area (TPSA) is 64.3 Å². The predicted molar refractivity (Wildman–Crippen MR) is 77.0 cm³/mol. The van der Waals surface area contributed by atoms with E-state index in [9.17, 15) is 4.79 Å². The molecule has 0 bridgehead atoms. The second kappa shape index (κ2) is 6.06. The molecule has 1 fully saturated rings. The molecule has 1 aromatic carbocycles. The lowest BCUT2D eigenvalue weighted by molar-refractivity contribution is -0.121. The van der Waals surface area contributed by atoms with Crippen LogP contribution < -0.4 is 11.1 Å². The van der Waals surface area contributed by atoms with Crippen LogP contribution >= 0.6 is 0 Å². The molecule has 4 heteroatoms. The van der Waals surface area contributed by atoms with Crippen molar-refractivity contribution in [2.24, 2.45) is 5.92 Å². The summed E-state index contributed by atoms with van der Waals surface area (Å²) in [5.41, 5.74) is 8.54. The van der Waals surface area contributed by atoms with Crippen LogP contribution in [0.3, 0.4) is 0 Å². The maximum atomic E-state index is 12.2. The van der Waals surface area contributed by atoms with Gasteiger partial charge in [0.15, 0.2) is 0 Å². The number of amides is 1. The van der Waals surface area contributed by atoms with Crippen molar-refractivity contribution in [3.8, 4) is 0 Å². The highest BCUT2D eigenvalue weighted by atomic mass is 16.5. The van der Waals surface area contributed by atoms with Crippen molar-refractivity contribution in [3.63, 3.8) is 0 Å². The summed E-state index contributed by atoms with van der Waals surface area (Å²) in [5, 5.41) is 2.94. The molecule has 1 amide bonds. The lowest BCUT2D eigenvalue weighted by atomic mass is 9.98. The Morgan fingerprint density at radius 1 is 1.47 bits per heavy atom. The highest BCUT2D eigenvalue weighted by Gasteiger charge is 2.32. The van der Waals surface area contributed by atoms with Gasteiger partial charge in [-0.2, -0.15) is 0 Å². The van der Waals surface area contributed by atoms with E-state index in [4.69, 9.17) is 10.5 Å². The fraction of sp³-hybridized carbons (Fsp3) is 0.533. The quantitative estimate of drug-likeness (QED) is 0.820. The number of ether oxygens (including phenoxy) is 1. The van der Waals surface area contributed by atoms with Crippen LogP contribution in [0.2, 0.25) is 0 Å². The van der Waals surface area contributed by atoms with Gasteiger partial charge in [-0.05, 0) is 37.0 Å². The summed E-state index contributed by atoms with van der Waals surface area (Å²) in [5.74, 6) is -0.00919. The lowest BCUT2D eigenvalue weighted by Crippen LogP contribution is -2.29. The first-order valence-electron chi connectivity index (χ1n) is 6.96. The smallest absolute Gasteiger partial charge is 0.230 e. The van der Waals surface area contributed by atoms with Gasteiger partial charge in [-0.25, -0.2) is 0 Å². The van der Waals surface area contributed by atoms with E-state index in [0.29, 0.717) is 6.61 Å². The second-order valence-electron chi connectivity index (χ2n) is 4.97. The summed E-state index contributed by atoms with van der Waals surface area (Å²) in [6.45, 7) is 4.78. The molecule has 1 aliphatic heterocycles. The zero-order chi connectivity index (χ0) is 13.8. The van der Waals surface area contributed by atoms with Crippen LogP contribution in [0.4, 0.5) is 11.4 Å².